The topological polar surface area (TPSA) is 77.0 Å². The standard InChI is InChI=1S/C16H28N4O3.HI/c1-4-23-15-12-14(6-8-18-15)13-20-16(17-2)19-7-5-9-22-11-10-21-3;/h6,8,12H,4-5,7,9-11,13H2,1-3H3,(H2,17,19,20);1H. The Bertz CT molecular complexity index is 461. The van der Waals surface area contributed by atoms with Gasteiger partial charge in [-0.1, -0.05) is 0 Å². The quantitative estimate of drug-likeness (QED) is 0.231. The molecule has 1 aromatic heterocycles. The molecule has 0 spiro atoms. The normalized spacial score (nSPS) is 10.9. The van der Waals surface area contributed by atoms with Crippen molar-refractivity contribution in [1.29, 1.82) is 0 Å². The van der Waals surface area contributed by atoms with E-state index in [0.29, 0.717) is 38.9 Å². The fourth-order valence-corrected chi connectivity index (χ4v) is 1.82. The lowest BCUT2D eigenvalue weighted by atomic mass is 10.2. The summed E-state index contributed by atoms with van der Waals surface area (Å²) in [5.41, 5.74) is 1.09. The number of guanidine groups is 1. The number of hydrogen-bond acceptors (Lipinski definition) is 5. The van der Waals surface area contributed by atoms with Crippen LogP contribution >= 0.6 is 24.0 Å². The van der Waals surface area contributed by atoms with Gasteiger partial charge in [0.15, 0.2) is 5.96 Å². The van der Waals surface area contributed by atoms with E-state index in [1.54, 1.807) is 20.4 Å². The molecule has 0 aliphatic heterocycles. The van der Waals surface area contributed by atoms with Gasteiger partial charge < -0.3 is 24.8 Å². The number of aliphatic imine (C=N–C) groups is 1. The van der Waals surface area contributed by atoms with Crippen LogP contribution in [0.1, 0.15) is 18.9 Å². The molecule has 1 rings (SSSR count). The van der Waals surface area contributed by atoms with E-state index in [-0.39, 0.29) is 24.0 Å². The maximum absolute atomic E-state index is 5.41. The van der Waals surface area contributed by atoms with Crippen molar-refractivity contribution >= 4 is 29.9 Å². The predicted octanol–water partition coefficient (Wildman–Crippen LogP) is 1.82. The molecular weight excluding hydrogens is 423 g/mol. The van der Waals surface area contributed by atoms with Crippen molar-refractivity contribution in [2.24, 2.45) is 4.99 Å². The summed E-state index contributed by atoms with van der Waals surface area (Å²) in [6.45, 7) is 5.98. The molecule has 0 aliphatic rings. The SMILES string of the molecule is CCOc1cc(CNC(=NC)NCCCOCCOC)ccn1.I. The Hall–Kier alpha value is -1.13. The van der Waals surface area contributed by atoms with Crippen LogP contribution in [-0.4, -0.2) is 58.1 Å². The third kappa shape index (κ3) is 10.6. The van der Waals surface area contributed by atoms with Gasteiger partial charge in [0.2, 0.25) is 5.88 Å². The number of methoxy groups -OCH3 is 1. The van der Waals surface area contributed by atoms with Crippen LogP contribution in [-0.2, 0) is 16.0 Å². The summed E-state index contributed by atoms with van der Waals surface area (Å²) in [5, 5.41) is 6.51. The van der Waals surface area contributed by atoms with Crippen LogP contribution in [0.3, 0.4) is 0 Å². The Morgan fingerprint density at radius 1 is 1.25 bits per heavy atom. The third-order valence-electron chi connectivity index (χ3n) is 2.96. The van der Waals surface area contributed by atoms with E-state index in [4.69, 9.17) is 14.2 Å². The molecule has 138 valence electrons. The summed E-state index contributed by atoms with van der Waals surface area (Å²) in [7, 11) is 3.42. The van der Waals surface area contributed by atoms with Gasteiger partial charge in [-0.3, -0.25) is 4.99 Å². The highest BCUT2D eigenvalue weighted by molar-refractivity contribution is 14.0. The zero-order valence-electron chi connectivity index (χ0n) is 14.7. The van der Waals surface area contributed by atoms with Gasteiger partial charge in [0.1, 0.15) is 0 Å². The average molecular weight is 452 g/mol. The lowest BCUT2D eigenvalue weighted by Gasteiger charge is -2.12. The lowest BCUT2D eigenvalue weighted by Crippen LogP contribution is -2.37. The second kappa shape index (κ2) is 15.4. The minimum atomic E-state index is 0. The van der Waals surface area contributed by atoms with E-state index in [1.165, 1.54) is 0 Å². The first kappa shape index (κ1) is 22.9. The largest absolute Gasteiger partial charge is 0.478 e. The minimum absolute atomic E-state index is 0. The molecule has 0 bridgehead atoms. The summed E-state index contributed by atoms with van der Waals surface area (Å²) in [4.78, 5) is 8.34. The molecule has 0 radical (unpaired) electrons. The Kier molecular flexibility index (Phi) is 14.7. The fourth-order valence-electron chi connectivity index (χ4n) is 1.82. The van der Waals surface area contributed by atoms with Gasteiger partial charge in [-0.2, -0.15) is 0 Å². The molecule has 0 aromatic carbocycles. The number of hydrogen-bond donors (Lipinski definition) is 2. The van der Waals surface area contributed by atoms with E-state index in [1.807, 2.05) is 19.1 Å². The molecule has 2 N–H and O–H groups in total. The number of aromatic nitrogens is 1. The Balaban J connectivity index is 0.00000529. The van der Waals surface area contributed by atoms with Crippen molar-refractivity contribution in [3.8, 4) is 5.88 Å². The van der Waals surface area contributed by atoms with Gasteiger partial charge in [-0.15, -0.1) is 24.0 Å². The highest BCUT2D eigenvalue weighted by Crippen LogP contribution is 2.08. The number of ether oxygens (including phenoxy) is 3. The number of pyridine rings is 1. The molecule has 7 nitrogen and oxygen atoms in total. The summed E-state index contributed by atoms with van der Waals surface area (Å²) in [5.74, 6) is 1.40. The fraction of sp³-hybridized carbons (Fsp3) is 0.625. The van der Waals surface area contributed by atoms with Crippen molar-refractivity contribution < 1.29 is 14.2 Å². The number of nitrogens with zero attached hydrogens (tertiary/aromatic N) is 2. The van der Waals surface area contributed by atoms with Gasteiger partial charge in [-0.25, -0.2) is 4.98 Å². The number of rotatable bonds is 11. The Morgan fingerprint density at radius 3 is 2.79 bits per heavy atom. The minimum Gasteiger partial charge on any atom is -0.478 e. The maximum atomic E-state index is 5.41. The molecule has 1 aromatic rings. The van der Waals surface area contributed by atoms with Crippen molar-refractivity contribution in [1.82, 2.24) is 15.6 Å². The van der Waals surface area contributed by atoms with Crippen molar-refractivity contribution in [3.63, 3.8) is 0 Å². The van der Waals surface area contributed by atoms with Crippen molar-refractivity contribution in [2.75, 3.05) is 47.1 Å². The van der Waals surface area contributed by atoms with Crippen LogP contribution < -0.4 is 15.4 Å². The Labute approximate surface area is 161 Å². The van der Waals surface area contributed by atoms with Gasteiger partial charge in [-0.05, 0) is 25.0 Å². The van der Waals surface area contributed by atoms with Crippen molar-refractivity contribution in [3.05, 3.63) is 23.9 Å². The van der Waals surface area contributed by atoms with Gasteiger partial charge >= 0.3 is 0 Å². The van der Waals surface area contributed by atoms with Gasteiger partial charge in [0.25, 0.3) is 0 Å². The second-order valence-corrected chi connectivity index (χ2v) is 4.75. The molecule has 0 unspecified atom stereocenters. The highest BCUT2D eigenvalue weighted by atomic mass is 127. The van der Waals surface area contributed by atoms with E-state index in [9.17, 15) is 0 Å². The predicted molar refractivity (Wildman–Crippen MR) is 106 cm³/mol. The summed E-state index contributed by atoms with van der Waals surface area (Å²) < 4.78 is 15.7. The molecule has 0 fully saturated rings. The number of halogens is 1. The first-order chi connectivity index (χ1) is 11.3. The molecule has 1 heterocycles. The zero-order chi connectivity index (χ0) is 16.8. The first-order valence-corrected chi connectivity index (χ1v) is 7.89. The smallest absolute Gasteiger partial charge is 0.213 e. The average Bonchev–Trinajstić information content (AvgIpc) is 2.57. The molecule has 0 saturated carbocycles. The molecule has 8 heteroatoms. The van der Waals surface area contributed by atoms with Crippen LogP contribution in [0.2, 0.25) is 0 Å². The first-order valence-electron chi connectivity index (χ1n) is 7.89. The van der Waals surface area contributed by atoms with Crippen molar-refractivity contribution in [2.45, 2.75) is 19.9 Å². The molecule has 0 saturated heterocycles. The maximum Gasteiger partial charge on any atom is 0.213 e. The molecule has 0 amide bonds. The zero-order valence-corrected chi connectivity index (χ0v) is 17.0. The molecule has 0 aliphatic carbocycles. The van der Waals surface area contributed by atoms with Gasteiger partial charge in [0, 0.05) is 46.1 Å². The summed E-state index contributed by atoms with van der Waals surface area (Å²) in [6, 6.07) is 3.87. The summed E-state index contributed by atoms with van der Waals surface area (Å²) >= 11 is 0. The molecule has 24 heavy (non-hydrogen) atoms. The van der Waals surface area contributed by atoms with Crippen LogP contribution in [0.5, 0.6) is 5.88 Å². The van der Waals surface area contributed by atoms with E-state index in [2.05, 4.69) is 20.6 Å². The Morgan fingerprint density at radius 2 is 2.08 bits per heavy atom. The summed E-state index contributed by atoms with van der Waals surface area (Å²) in [6.07, 6.45) is 2.66. The van der Waals surface area contributed by atoms with Crippen LogP contribution in [0, 0.1) is 0 Å². The number of nitrogens with one attached hydrogen (secondary N) is 2. The van der Waals surface area contributed by atoms with E-state index in [0.717, 1.165) is 24.5 Å². The van der Waals surface area contributed by atoms with E-state index < -0.39 is 0 Å². The van der Waals surface area contributed by atoms with Crippen LogP contribution in [0.15, 0.2) is 23.3 Å². The molecule has 0 atom stereocenters. The van der Waals surface area contributed by atoms with Crippen LogP contribution in [0.25, 0.3) is 0 Å². The van der Waals surface area contributed by atoms with Crippen LogP contribution in [0.4, 0.5) is 0 Å². The lowest BCUT2D eigenvalue weighted by molar-refractivity contribution is 0.0698. The van der Waals surface area contributed by atoms with Gasteiger partial charge in [0.05, 0.1) is 19.8 Å². The highest BCUT2D eigenvalue weighted by Gasteiger charge is 2.00. The third-order valence-corrected chi connectivity index (χ3v) is 2.96. The second-order valence-electron chi connectivity index (χ2n) is 4.75. The monoisotopic (exact) mass is 452 g/mol. The molecular formula is C16H29IN4O3. The van der Waals surface area contributed by atoms with E-state index >= 15 is 0 Å².